The number of hydrogen-bond acceptors (Lipinski definition) is 5. The SMILES string of the molecule is Cc1cc2c(N)c(C(=O)NCCc3ccc(N4CCCCC4)cc3)sc2nc1C. The normalized spacial score (nSPS) is 14.3. The van der Waals surface area contributed by atoms with Gasteiger partial charge in [0.1, 0.15) is 9.71 Å². The third-order valence-corrected chi connectivity index (χ3v) is 6.84. The minimum absolute atomic E-state index is 0.120. The number of rotatable bonds is 5. The Kier molecular flexibility index (Phi) is 5.72. The number of aryl methyl sites for hydroxylation is 2. The average molecular weight is 409 g/mol. The van der Waals surface area contributed by atoms with Crippen LogP contribution < -0.4 is 16.0 Å². The predicted octanol–water partition coefficient (Wildman–Crippen LogP) is 4.46. The molecule has 3 aromatic rings. The van der Waals surface area contributed by atoms with Crippen molar-refractivity contribution in [3.8, 4) is 0 Å². The second-order valence-electron chi connectivity index (χ2n) is 7.81. The van der Waals surface area contributed by atoms with E-state index in [-0.39, 0.29) is 5.91 Å². The third-order valence-electron chi connectivity index (χ3n) is 5.73. The maximum absolute atomic E-state index is 12.6. The molecule has 0 aliphatic carbocycles. The van der Waals surface area contributed by atoms with E-state index in [0.717, 1.165) is 41.0 Å². The summed E-state index contributed by atoms with van der Waals surface area (Å²) >= 11 is 1.37. The summed E-state index contributed by atoms with van der Waals surface area (Å²) in [6.07, 6.45) is 4.70. The maximum Gasteiger partial charge on any atom is 0.263 e. The Morgan fingerprint density at radius 2 is 1.90 bits per heavy atom. The van der Waals surface area contributed by atoms with Crippen LogP contribution in [-0.4, -0.2) is 30.5 Å². The zero-order valence-corrected chi connectivity index (χ0v) is 17.9. The van der Waals surface area contributed by atoms with Gasteiger partial charge in [-0.25, -0.2) is 4.98 Å². The number of aromatic nitrogens is 1. The first-order valence-corrected chi connectivity index (χ1v) is 11.1. The van der Waals surface area contributed by atoms with Crippen LogP contribution in [0.5, 0.6) is 0 Å². The minimum atomic E-state index is -0.120. The van der Waals surface area contributed by atoms with Gasteiger partial charge in [-0.3, -0.25) is 4.79 Å². The molecule has 1 fully saturated rings. The highest BCUT2D eigenvalue weighted by Crippen LogP contribution is 2.33. The number of nitrogen functional groups attached to an aromatic ring is 1. The molecule has 6 heteroatoms. The second kappa shape index (κ2) is 8.41. The summed E-state index contributed by atoms with van der Waals surface area (Å²) in [6.45, 7) is 6.87. The molecule has 29 heavy (non-hydrogen) atoms. The topological polar surface area (TPSA) is 71.2 Å². The molecular weight excluding hydrogens is 380 g/mol. The van der Waals surface area contributed by atoms with Crippen LogP contribution in [0.25, 0.3) is 10.2 Å². The van der Waals surface area contributed by atoms with Gasteiger partial charge >= 0.3 is 0 Å². The lowest BCUT2D eigenvalue weighted by Gasteiger charge is -2.28. The van der Waals surface area contributed by atoms with E-state index < -0.39 is 0 Å². The maximum atomic E-state index is 12.6. The molecule has 0 spiro atoms. The number of nitrogens with zero attached hydrogens (tertiary/aromatic N) is 2. The van der Waals surface area contributed by atoms with Crippen molar-refractivity contribution in [3.63, 3.8) is 0 Å². The van der Waals surface area contributed by atoms with E-state index >= 15 is 0 Å². The van der Waals surface area contributed by atoms with Crippen molar-refractivity contribution in [2.75, 3.05) is 30.3 Å². The number of nitrogens with one attached hydrogen (secondary N) is 1. The lowest BCUT2D eigenvalue weighted by Crippen LogP contribution is -2.29. The highest BCUT2D eigenvalue weighted by molar-refractivity contribution is 7.21. The number of anilines is 2. The van der Waals surface area contributed by atoms with Gasteiger partial charge in [-0.15, -0.1) is 11.3 Å². The van der Waals surface area contributed by atoms with Gasteiger partial charge in [-0.1, -0.05) is 12.1 Å². The van der Waals surface area contributed by atoms with Crippen LogP contribution in [0.3, 0.4) is 0 Å². The van der Waals surface area contributed by atoms with Crippen LogP contribution in [0.15, 0.2) is 30.3 Å². The zero-order valence-electron chi connectivity index (χ0n) is 17.1. The predicted molar refractivity (Wildman–Crippen MR) is 122 cm³/mol. The van der Waals surface area contributed by atoms with Gasteiger partial charge in [0.2, 0.25) is 0 Å². The van der Waals surface area contributed by atoms with E-state index in [9.17, 15) is 4.79 Å². The largest absolute Gasteiger partial charge is 0.397 e. The average Bonchev–Trinajstić information content (AvgIpc) is 3.05. The van der Waals surface area contributed by atoms with Gasteiger partial charge in [0.25, 0.3) is 5.91 Å². The zero-order chi connectivity index (χ0) is 20.4. The Balaban J connectivity index is 1.36. The number of piperidine rings is 1. The van der Waals surface area contributed by atoms with Crippen LogP contribution >= 0.6 is 11.3 Å². The fourth-order valence-electron chi connectivity index (χ4n) is 3.82. The Bertz CT molecular complexity index is 1020. The van der Waals surface area contributed by atoms with Gasteiger partial charge in [0.05, 0.1) is 5.69 Å². The molecule has 5 nitrogen and oxygen atoms in total. The molecule has 3 heterocycles. The molecule has 0 atom stereocenters. The van der Waals surface area contributed by atoms with Crippen LogP contribution in [-0.2, 0) is 6.42 Å². The molecule has 2 aromatic heterocycles. The summed E-state index contributed by atoms with van der Waals surface area (Å²) in [7, 11) is 0. The first-order valence-electron chi connectivity index (χ1n) is 10.3. The molecule has 0 unspecified atom stereocenters. The molecule has 152 valence electrons. The van der Waals surface area contributed by atoms with Crippen molar-refractivity contribution < 1.29 is 4.79 Å². The van der Waals surface area contributed by atoms with Crippen molar-refractivity contribution in [2.24, 2.45) is 0 Å². The summed E-state index contributed by atoms with van der Waals surface area (Å²) in [5.41, 5.74) is 11.3. The van der Waals surface area contributed by atoms with E-state index in [0.29, 0.717) is 17.1 Å². The smallest absolute Gasteiger partial charge is 0.263 e. The number of carbonyl (C=O) groups is 1. The first-order chi connectivity index (χ1) is 14.0. The van der Waals surface area contributed by atoms with E-state index in [1.165, 1.54) is 41.9 Å². The molecule has 1 aromatic carbocycles. The number of carbonyl (C=O) groups excluding carboxylic acids is 1. The molecule has 0 saturated carbocycles. The second-order valence-corrected chi connectivity index (χ2v) is 8.81. The molecule has 0 radical (unpaired) electrons. The molecule has 1 saturated heterocycles. The Labute approximate surface area is 175 Å². The van der Waals surface area contributed by atoms with Gasteiger partial charge in [0.15, 0.2) is 0 Å². The van der Waals surface area contributed by atoms with Crippen molar-refractivity contribution in [2.45, 2.75) is 39.5 Å². The molecule has 4 rings (SSSR count). The first kappa shape index (κ1) is 19.7. The van der Waals surface area contributed by atoms with Crippen molar-refractivity contribution in [3.05, 3.63) is 52.0 Å². The highest BCUT2D eigenvalue weighted by atomic mass is 32.1. The molecule has 0 bridgehead atoms. The minimum Gasteiger partial charge on any atom is -0.397 e. The molecule has 3 N–H and O–H groups in total. The number of thiophene rings is 1. The number of benzene rings is 1. The number of pyridine rings is 1. The van der Waals surface area contributed by atoms with E-state index in [2.05, 4.69) is 39.5 Å². The Morgan fingerprint density at radius 1 is 1.17 bits per heavy atom. The molecule has 1 aliphatic heterocycles. The van der Waals surface area contributed by atoms with Crippen molar-refractivity contribution in [1.29, 1.82) is 0 Å². The third kappa shape index (κ3) is 4.22. The van der Waals surface area contributed by atoms with E-state index in [1.807, 2.05) is 19.9 Å². The lowest BCUT2D eigenvalue weighted by atomic mass is 10.1. The summed E-state index contributed by atoms with van der Waals surface area (Å²) in [6, 6.07) is 10.7. The monoisotopic (exact) mass is 408 g/mol. The molecule has 1 amide bonds. The van der Waals surface area contributed by atoms with Crippen LogP contribution in [0.1, 0.15) is 45.8 Å². The summed E-state index contributed by atoms with van der Waals surface area (Å²) in [5, 5.41) is 3.88. The summed E-state index contributed by atoms with van der Waals surface area (Å²) in [4.78, 5) is 21.0. The number of nitrogens with two attached hydrogens (primary N) is 1. The number of amides is 1. The van der Waals surface area contributed by atoms with E-state index in [4.69, 9.17) is 5.73 Å². The number of hydrogen-bond donors (Lipinski definition) is 2. The van der Waals surface area contributed by atoms with Crippen molar-refractivity contribution >= 4 is 38.8 Å². The van der Waals surface area contributed by atoms with Gasteiger partial charge in [-0.2, -0.15) is 0 Å². The van der Waals surface area contributed by atoms with Gasteiger partial charge < -0.3 is 16.0 Å². The highest BCUT2D eigenvalue weighted by Gasteiger charge is 2.18. The fourth-order valence-corrected chi connectivity index (χ4v) is 4.86. The van der Waals surface area contributed by atoms with E-state index in [1.54, 1.807) is 0 Å². The van der Waals surface area contributed by atoms with Crippen LogP contribution in [0, 0.1) is 13.8 Å². The fraction of sp³-hybridized carbons (Fsp3) is 0.391. The molecular formula is C23H28N4OS. The van der Waals surface area contributed by atoms with Crippen LogP contribution in [0.2, 0.25) is 0 Å². The number of fused-ring (bicyclic) bond motifs is 1. The van der Waals surface area contributed by atoms with Gasteiger partial charge in [0, 0.05) is 36.4 Å². The summed E-state index contributed by atoms with van der Waals surface area (Å²) in [5.74, 6) is -0.120. The van der Waals surface area contributed by atoms with Crippen molar-refractivity contribution in [1.82, 2.24) is 10.3 Å². The standard InChI is InChI=1S/C23H28N4OS/c1-15-14-19-20(24)21(29-23(19)26-16(15)2)22(28)25-11-10-17-6-8-18(9-7-17)27-12-4-3-5-13-27/h6-9,14H,3-5,10-13,24H2,1-2H3,(H,25,28). The van der Waals surface area contributed by atoms with Crippen LogP contribution in [0.4, 0.5) is 11.4 Å². The van der Waals surface area contributed by atoms with Gasteiger partial charge in [-0.05, 0) is 68.9 Å². The summed E-state index contributed by atoms with van der Waals surface area (Å²) < 4.78 is 0. The Morgan fingerprint density at radius 3 is 2.62 bits per heavy atom. The lowest BCUT2D eigenvalue weighted by molar-refractivity contribution is 0.0959. The quantitative estimate of drug-likeness (QED) is 0.654. The molecule has 1 aliphatic rings. The Hall–Kier alpha value is -2.60.